The number of amides is 1. The lowest BCUT2D eigenvalue weighted by Gasteiger charge is -2.22. The van der Waals surface area contributed by atoms with Crippen LogP contribution < -0.4 is 5.01 Å². The molecule has 0 atom stereocenters. The molecule has 2 heterocycles. The van der Waals surface area contributed by atoms with Crippen LogP contribution in [0.3, 0.4) is 0 Å². The molecule has 4 nitrogen and oxygen atoms in total. The molecule has 3 rings (SSSR count). The monoisotopic (exact) mass is 343 g/mol. The van der Waals surface area contributed by atoms with Crippen LogP contribution >= 0.6 is 15.9 Å². The number of aryl methyl sites for hydroxylation is 1. The Bertz CT molecular complexity index is 825. The molecule has 0 radical (unpaired) electrons. The molecule has 0 spiro atoms. The lowest BCUT2D eigenvalue weighted by Crippen LogP contribution is -2.37. The predicted molar refractivity (Wildman–Crippen MR) is 87.1 cm³/mol. The molecule has 21 heavy (non-hydrogen) atoms. The number of nitrogens with zero attached hydrogens (tertiary/aromatic N) is 3. The van der Waals surface area contributed by atoms with Gasteiger partial charge >= 0.3 is 0 Å². The zero-order valence-electron chi connectivity index (χ0n) is 11.7. The van der Waals surface area contributed by atoms with E-state index in [1.807, 2.05) is 35.9 Å². The van der Waals surface area contributed by atoms with Crippen LogP contribution in [0.4, 0.5) is 0 Å². The number of fused-ring (bicyclic) bond motifs is 1. The van der Waals surface area contributed by atoms with Gasteiger partial charge in [0.05, 0.1) is 11.1 Å². The van der Waals surface area contributed by atoms with E-state index in [0.717, 1.165) is 16.6 Å². The first-order valence-corrected chi connectivity index (χ1v) is 7.35. The van der Waals surface area contributed by atoms with Crippen molar-refractivity contribution in [3.63, 3.8) is 0 Å². The summed E-state index contributed by atoms with van der Waals surface area (Å²) in [5, 5.41) is 2.72. The maximum absolute atomic E-state index is 12.7. The number of carbonyl (C=O) groups excluding carboxylic acids is 1. The Labute approximate surface area is 131 Å². The Kier molecular flexibility index (Phi) is 3.51. The van der Waals surface area contributed by atoms with E-state index in [0.29, 0.717) is 10.2 Å². The van der Waals surface area contributed by atoms with E-state index in [4.69, 9.17) is 0 Å². The molecule has 3 aromatic rings. The number of hydrogen-bond donors (Lipinski definition) is 0. The summed E-state index contributed by atoms with van der Waals surface area (Å²) in [5.41, 5.74) is 2.55. The maximum atomic E-state index is 12.7. The third kappa shape index (κ3) is 2.34. The zero-order chi connectivity index (χ0) is 15.0. The highest BCUT2D eigenvalue weighted by atomic mass is 79.9. The molecule has 0 aliphatic carbocycles. The fourth-order valence-corrected chi connectivity index (χ4v) is 2.91. The summed E-state index contributed by atoms with van der Waals surface area (Å²) in [4.78, 5) is 16.8. The second kappa shape index (κ2) is 5.33. The van der Waals surface area contributed by atoms with Crippen LogP contribution in [0.25, 0.3) is 10.9 Å². The molecule has 106 valence electrons. The Morgan fingerprint density at radius 1 is 1.24 bits per heavy atom. The summed E-state index contributed by atoms with van der Waals surface area (Å²) in [6.45, 7) is 1.99. The van der Waals surface area contributed by atoms with Crippen LogP contribution in [0.2, 0.25) is 0 Å². The fourth-order valence-electron chi connectivity index (χ4n) is 2.49. The first-order chi connectivity index (χ1) is 10.1. The van der Waals surface area contributed by atoms with Crippen LogP contribution in [-0.4, -0.2) is 22.6 Å². The molecule has 0 aliphatic rings. The molecule has 0 fully saturated rings. The van der Waals surface area contributed by atoms with Gasteiger partial charge in [0.25, 0.3) is 5.91 Å². The van der Waals surface area contributed by atoms with Crippen LogP contribution in [-0.2, 0) is 0 Å². The van der Waals surface area contributed by atoms with E-state index in [2.05, 4.69) is 27.0 Å². The quantitative estimate of drug-likeness (QED) is 0.667. The Morgan fingerprint density at radius 3 is 2.76 bits per heavy atom. The SMILES string of the molecule is Cc1cc2ccccc2n1N(C)C(=O)c1cccnc1Br. The maximum Gasteiger partial charge on any atom is 0.275 e. The summed E-state index contributed by atoms with van der Waals surface area (Å²) in [7, 11) is 1.77. The van der Waals surface area contributed by atoms with E-state index in [1.165, 1.54) is 0 Å². The van der Waals surface area contributed by atoms with E-state index in [-0.39, 0.29) is 5.91 Å². The van der Waals surface area contributed by atoms with Gasteiger partial charge in [0.2, 0.25) is 0 Å². The second-order valence-electron chi connectivity index (χ2n) is 4.83. The van der Waals surface area contributed by atoms with Crippen LogP contribution in [0.5, 0.6) is 0 Å². The van der Waals surface area contributed by atoms with Crippen molar-refractivity contribution in [3.8, 4) is 0 Å². The molecular formula is C16H14BrN3O. The standard InChI is InChI=1S/C16H14BrN3O/c1-11-10-12-6-3-4-8-14(12)20(11)19(2)16(21)13-7-5-9-18-15(13)17/h3-10H,1-2H3. The summed E-state index contributed by atoms with van der Waals surface area (Å²) in [6, 6.07) is 13.6. The number of carbonyl (C=O) groups is 1. The minimum absolute atomic E-state index is 0.112. The van der Waals surface area contributed by atoms with Gasteiger partial charge in [0.1, 0.15) is 4.60 Å². The highest BCUT2D eigenvalue weighted by Gasteiger charge is 2.19. The molecule has 1 aromatic carbocycles. The Balaban J connectivity index is 2.09. The molecule has 0 unspecified atom stereocenters. The first-order valence-electron chi connectivity index (χ1n) is 6.55. The lowest BCUT2D eigenvalue weighted by atomic mass is 10.2. The van der Waals surface area contributed by atoms with Crippen molar-refractivity contribution in [3.05, 3.63) is 64.5 Å². The molecule has 0 aliphatic heterocycles. The average Bonchev–Trinajstić information content (AvgIpc) is 2.82. The normalized spacial score (nSPS) is 10.8. The van der Waals surface area contributed by atoms with Gasteiger partial charge in [0.15, 0.2) is 0 Å². The van der Waals surface area contributed by atoms with Gasteiger partial charge in [-0.15, -0.1) is 0 Å². The molecular weight excluding hydrogens is 330 g/mol. The van der Waals surface area contributed by atoms with Crippen molar-refractivity contribution < 1.29 is 4.79 Å². The van der Waals surface area contributed by atoms with E-state index in [9.17, 15) is 4.79 Å². The van der Waals surface area contributed by atoms with Crippen LogP contribution in [0.1, 0.15) is 16.1 Å². The van der Waals surface area contributed by atoms with Gasteiger partial charge < -0.3 is 0 Å². The predicted octanol–water partition coefficient (Wildman–Crippen LogP) is 3.52. The summed E-state index contributed by atoms with van der Waals surface area (Å²) in [5.74, 6) is -0.112. The number of aromatic nitrogens is 2. The number of rotatable bonds is 2. The smallest absolute Gasteiger partial charge is 0.267 e. The minimum Gasteiger partial charge on any atom is -0.267 e. The van der Waals surface area contributed by atoms with Gasteiger partial charge in [0, 0.05) is 24.3 Å². The molecule has 1 amide bonds. The molecule has 0 saturated carbocycles. The Morgan fingerprint density at radius 2 is 2.00 bits per heavy atom. The van der Waals surface area contributed by atoms with Crippen molar-refractivity contribution in [2.45, 2.75) is 6.92 Å². The van der Waals surface area contributed by atoms with Crippen molar-refractivity contribution in [2.75, 3.05) is 12.1 Å². The average molecular weight is 344 g/mol. The number of para-hydroxylation sites is 1. The molecule has 5 heteroatoms. The Hall–Kier alpha value is -2.14. The topological polar surface area (TPSA) is 38.1 Å². The van der Waals surface area contributed by atoms with Crippen molar-refractivity contribution in [2.24, 2.45) is 0 Å². The van der Waals surface area contributed by atoms with Crippen molar-refractivity contribution in [1.29, 1.82) is 0 Å². The number of hydrogen-bond acceptors (Lipinski definition) is 2. The second-order valence-corrected chi connectivity index (χ2v) is 5.58. The van der Waals surface area contributed by atoms with Gasteiger partial charge in [-0.1, -0.05) is 18.2 Å². The van der Waals surface area contributed by atoms with Gasteiger partial charge in [-0.3, -0.25) is 9.47 Å². The highest BCUT2D eigenvalue weighted by molar-refractivity contribution is 9.10. The summed E-state index contributed by atoms with van der Waals surface area (Å²) in [6.07, 6.45) is 1.65. The fraction of sp³-hybridized carbons (Fsp3) is 0.125. The first kappa shape index (κ1) is 13.8. The zero-order valence-corrected chi connectivity index (χ0v) is 13.3. The minimum atomic E-state index is -0.112. The largest absolute Gasteiger partial charge is 0.275 e. The molecule has 0 N–H and O–H groups in total. The van der Waals surface area contributed by atoms with E-state index in [1.54, 1.807) is 30.4 Å². The molecule has 0 bridgehead atoms. The highest BCUT2D eigenvalue weighted by Crippen LogP contribution is 2.21. The third-order valence-electron chi connectivity index (χ3n) is 3.45. The number of benzene rings is 1. The van der Waals surface area contributed by atoms with Gasteiger partial charge in [-0.2, -0.15) is 0 Å². The van der Waals surface area contributed by atoms with Crippen LogP contribution in [0.15, 0.2) is 53.3 Å². The van der Waals surface area contributed by atoms with Gasteiger partial charge in [-0.25, -0.2) is 9.99 Å². The lowest BCUT2D eigenvalue weighted by molar-refractivity contribution is 0.0967. The van der Waals surface area contributed by atoms with E-state index >= 15 is 0 Å². The molecule has 0 saturated heterocycles. The van der Waals surface area contributed by atoms with Crippen LogP contribution in [0, 0.1) is 6.92 Å². The number of pyridine rings is 1. The number of halogens is 1. The van der Waals surface area contributed by atoms with Gasteiger partial charge in [-0.05, 0) is 47.1 Å². The van der Waals surface area contributed by atoms with E-state index < -0.39 is 0 Å². The summed E-state index contributed by atoms with van der Waals surface area (Å²) >= 11 is 3.33. The van der Waals surface area contributed by atoms with Crippen molar-refractivity contribution >= 4 is 32.7 Å². The van der Waals surface area contributed by atoms with Crippen molar-refractivity contribution in [1.82, 2.24) is 9.66 Å². The summed E-state index contributed by atoms with van der Waals surface area (Å²) < 4.78 is 2.47. The molecule has 2 aromatic heterocycles. The third-order valence-corrected chi connectivity index (χ3v) is 4.08.